The minimum Gasteiger partial charge on any atom is -0.373 e. The molecule has 0 amide bonds. The number of rotatable bonds is 3. The Labute approximate surface area is 56.7 Å². The number of aromatic nitrogens is 1. The van der Waals surface area contributed by atoms with E-state index in [1.807, 2.05) is 0 Å². The largest absolute Gasteiger partial charge is 0.373 e. The highest BCUT2D eigenvalue weighted by Gasteiger charge is 1.89. The number of nitrogens with one attached hydrogen (secondary N) is 1. The van der Waals surface area contributed by atoms with Gasteiger partial charge < -0.3 is 5.32 Å². The van der Waals surface area contributed by atoms with Crippen molar-refractivity contribution in [1.82, 2.24) is 4.98 Å². The fourth-order valence-electron chi connectivity index (χ4n) is 0.474. The molecule has 1 aromatic rings. The zero-order valence-electron chi connectivity index (χ0n) is 4.80. The maximum atomic E-state index is 11.5. The predicted octanol–water partition coefficient (Wildman–Crippen LogP) is 1.52. The lowest BCUT2D eigenvalue weighted by molar-refractivity contribution is 0.513. The topological polar surface area (TPSA) is 24.9 Å². The van der Waals surface area contributed by atoms with E-state index in [-0.39, 0.29) is 6.67 Å². The van der Waals surface area contributed by atoms with Gasteiger partial charge in [0, 0.05) is 6.54 Å². The fourth-order valence-corrected chi connectivity index (χ4v) is 1.02. The highest BCUT2D eigenvalue weighted by molar-refractivity contribution is 7.13. The Bertz CT molecular complexity index is 152. The van der Waals surface area contributed by atoms with Crippen LogP contribution < -0.4 is 5.32 Å². The van der Waals surface area contributed by atoms with Gasteiger partial charge in [0.25, 0.3) is 0 Å². The van der Waals surface area contributed by atoms with Gasteiger partial charge >= 0.3 is 0 Å². The number of hydrogen-bond donors (Lipinski definition) is 1. The summed E-state index contributed by atoms with van der Waals surface area (Å²) >= 11 is 1.47. The highest BCUT2D eigenvalue weighted by Crippen LogP contribution is 2.10. The molecule has 0 spiro atoms. The van der Waals surface area contributed by atoms with Crippen LogP contribution in [0.2, 0.25) is 0 Å². The van der Waals surface area contributed by atoms with Crippen molar-refractivity contribution in [3.63, 3.8) is 0 Å². The van der Waals surface area contributed by atoms with Gasteiger partial charge in [0.15, 0.2) is 0 Å². The smallest absolute Gasteiger partial charge is 0.108 e. The molecule has 0 saturated carbocycles. The van der Waals surface area contributed by atoms with Gasteiger partial charge in [-0.1, -0.05) is 0 Å². The van der Waals surface area contributed by atoms with E-state index in [0.717, 1.165) is 5.00 Å². The van der Waals surface area contributed by atoms with Gasteiger partial charge in [0.2, 0.25) is 0 Å². The molecular formula is C5H7FN2S. The van der Waals surface area contributed by atoms with E-state index < -0.39 is 0 Å². The molecule has 0 bridgehead atoms. The van der Waals surface area contributed by atoms with Gasteiger partial charge in [0.05, 0.1) is 11.7 Å². The summed E-state index contributed by atoms with van der Waals surface area (Å²) in [7, 11) is 0. The summed E-state index contributed by atoms with van der Waals surface area (Å²) in [5.74, 6) is 0. The molecule has 0 aromatic carbocycles. The van der Waals surface area contributed by atoms with Gasteiger partial charge in [-0.2, -0.15) is 0 Å². The lowest BCUT2D eigenvalue weighted by Gasteiger charge is -1.94. The van der Waals surface area contributed by atoms with Crippen LogP contribution in [0, 0.1) is 0 Å². The van der Waals surface area contributed by atoms with Crippen LogP contribution in [0.1, 0.15) is 0 Å². The third-order valence-electron chi connectivity index (χ3n) is 0.826. The van der Waals surface area contributed by atoms with Crippen molar-refractivity contribution < 1.29 is 4.39 Å². The molecule has 4 heteroatoms. The minimum atomic E-state index is -0.335. The van der Waals surface area contributed by atoms with Crippen LogP contribution in [0.25, 0.3) is 0 Å². The highest BCUT2D eigenvalue weighted by atomic mass is 32.1. The van der Waals surface area contributed by atoms with Crippen molar-refractivity contribution >= 4 is 16.3 Å². The Morgan fingerprint density at radius 3 is 3.22 bits per heavy atom. The van der Waals surface area contributed by atoms with Gasteiger partial charge in [-0.3, -0.25) is 4.98 Å². The van der Waals surface area contributed by atoms with E-state index in [2.05, 4.69) is 10.3 Å². The second-order valence-electron chi connectivity index (χ2n) is 1.48. The van der Waals surface area contributed by atoms with E-state index >= 15 is 0 Å². The lowest BCUT2D eigenvalue weighted by Crippen LogP contribution is -2.00. The minimum absolute atomic E-state index is 0.335. The summed E-state index contributed by atoms with van der Waals surface area (Å²) in [6.07, 6.45) is 1.68. The third-order valence-corrected chi connectivity index (χ3v) is 1.56. The van der Waals surface area contributed by atoms with Crippen molar-refractivity contribution in [2.45, 2.75) is 0 Å². The number of thiazole rings is 1. The molecule has 0 fully saturated rings. The van der Waals surface area contributed by atoms with Crippen molar-refractivity contribution in [3.8, 4) is 0 Å². The van der Waals surface area contributed by atoms with E-state index in [4.69, 9.17) is 0 Å². The molecule has 0 aliphatic heterocycles. The summed E-state index contributed by atoms with van der Waals surface area (Å²) in [5.41, 5.74) is 1.71. The summed E-state index contributed by atoms with van der Waals surface area (Å²) in [4.78, 5) is 3.81. The zero-order chi connectivity index (χ0) is 6.53. The molecule has 0 saturated heterocycles. The molecular weight excluding hydrogens is 139 g/mol. The van der Waals surface area contributed by atoms with Gasteiger partial charge in [-0.05, 0) is 0 Å². The molecule has 0 aliphatic carbocycles. The molecule has 1 heterocycles. The summed E-state index contributed by atoms with van der Waals surface area (Å²) in [5, 5.41) is 3.78. The Kier molecular flexibility index (Phi) is 2.45. The van der Waals surface area contributed by atoms with Gasteiger partial charge in [0.1, 0.15) is 11.7 Å². The molecule has 0 unspecified atom stereocenters. The second-order valence-corrected chi connectivity index (χ2v) is 2.37. The SMILES string of the molecule is FCCNc1cncs1. The fraction of sp³-hybridized carbons (Fsp3) is 0.400. The summed E-state index contributed by atoms with van der Waals surface area (Å²) < 4.78 is 11.5. The van der Waals surface area contributed by atoms with Crippen LogP contribution in [-0.2, 0) is 0 Å². The molecule has 1 aromatic heterocycles. The van der Waals surface area contributed by atoms with Crippen LogP contribution in [0.5, 0.6) is 0 Å². The standard InChI is InChI=1S/C5H7FN2S/c6-1-2-8-5-3-7-4-9-5/h3-4,8H,1-2H2. The molecule has 2 nitrogen and oxygen atoms in total. The monoisotopic (exact) mass is 146 g/mol. The molecule has 1 rings (SSSR count). The number of hydrogen-bond acceptors (Lipinski definition) is 3. The second kappa shape index (κ2) is 3.40. The van der Waals surface area contributed by atoms with Crippen molar-refractivity contribution in [1.29, 1.82) is 0 Å². The molecule has 50 valence electrons. The van der Waals surface area contributed by atoms with Gasteiger partial charge in [-0.25, -0.2) is 4.39 Å². The van der Waals surface area contributed by atoms with Crippen molar-refractivity contribution in [3.05, 3.63) is 11.7 Å². The number of halogens is 1. The average molecular weight is 146 g/mol. The Morgan fingerprint density at radius 2 is 2.67 bits per heavy atom. The number of anilines is 1. The number of nitrogens with zero attached hydrogens (tertiary/aromatic N) is 1. The third kappa shape index (κ3) is 1.97. The Hall–Kier alpha value is -0.640. The first-order chi connectivity index (χ1) is 4.43. The molecule has 0 atom stereocenters. The zero-order valence-corrected chi connectivity index (χ0v) is 5.62. The van der Waals surface area contributed by atoms with Crippen molar-refractivity contribution in [2.24, 2.45) is 0 Å². The van der Waals surface area contributed by atoms with E-state index in [9.17, 15) is 4.39 Å². The van der Waals surface area contributed by atoms with Crippen LogP contribution in [0.15, 0.2) is 11.7 Å². The van der Waals surface area contributed by atoms with Crippen molar-refractivity contribution in [2.75, 3.05) is 18.5 Å². The van der Waals surface area contributed by atoms with E-state index in [1.54, 1.807) is 11.7 Å². The predicted molar refractivity (Wildman–Crippen MR) is 36.6 cm³/mol. The molecule has 0 aliphatic rings. The number of alkyl halides is 1. The van der Waals surface area contributed by atoms with Crippen LogP contribution >= 0.6 is 11.3 Å². The maximum Gasteiger partial charge on any atom is 0.108 e. The molecule has 9 heavy (non-hydrogen) atoms. The molecule has 1 N–H and O–H groups in total. The van der Waals surface area contributed by atoms with Crippen LogP contribution in [0.3, 0.4) is 0 Å². The quantitative estimate of drug-likeness (QED) is 0.699. The van der Waals surface area contributed by atoms with Gasteiger partial charge in [-0.15, -0.1) is 11.3 Å². The van der Waals surface area contributed by atoms with Crippen LogP contribution in [-0.4, -0.2) is 18.2 Å². The van der Waals surface area contributed by atoms with Crippen LogP contribution in [0.4, 0.5) is 9.39 Å². The first-order valence-corrected chi connectivity index (χ1v) is 3.50. The first-order valence-electron chi connectivity index (χ1n) is 2.62. The average Bonchev–Trinajstić information content (AvgIpc) is 2.34. The van der Waals surface area contributed by atoms with E-state index in [1.165, 1.54) is 11.3 Å². The molecule has 0 radical (unpaired) electrons. The maximum absolute atomic E-state index is 11.5. The Morgan fingerprint density at radius 1 is 1.78 bits per heavy atom. The lowest BCUT2D eigenvalue weighted by atomic mass is 10.7. The Balaban J connectivity index is 2.30. The summed E-state index contributed by atoms with van der Waals surface area (Å²) in [6, 6.07) is 0. The normalized spacial score (nSPS) is 9.44. The first kappa shape index (κ1) is 6.48. The van der Waals surface area contributed by atoms with E-state index in [0.29, 0.717) is 6.54 Å². The summed E-state index contributed by atoms with van der Waals surface area (Å²) in [6.45, 7) is 0.0418.